The minimum atomic E-state index is -0.350. The van der Waals surface area contributed by atoms with Crippen molar-refractivity contribution < 1.29 is 9.13 Å². The van der Waals surface area contributed by atoms with E-state index in [-0.39, 0.29) is 5.82 Å². The molecule has 0 aliphatic heterocycles. The van der Waals surface area contributed by atoms with Crippen LogP contribution in [0.5, 0.6) is 0 Å². The number of nitrogens with one attached hydrogen (secondary N) is 3. The second kappa shape index (κ2) is 10.4. The summed E-state index contributed by atoms with van der Waals surface area (Å²) < 4.78 is 19.8. The van der Waals surface area contributed by atoms with Crippen molar-refractivity contribution in [3.05, 3.63) is 36.4 Å². The Balaban J connectivity index is 1.35. The third kappa shape index (κ3) is 6.37. The van der Waals surface area contributed by atoms with Gasteiger partial charge in [-0.1, -0.05) is 0 Å². The average Bonchev–Trinajstić information content (AvgIpc) is 3.60. The molecule has 0 aromatic carbocycles. The van der Waals surface area contributed by atoms with Crippen LogP contribution in [0.2, 0.25) is 0 Å². The van der Waals surface area contributed by atoms with E-state index >= 15 is 0 Å². The van der Waals surface area contributed by atoms with Crippen LogP contribution < -0.4 is 16.0 Å². The van der Waals surface area contributed by atoms with Gasteiger partial charge < -0.3 is 20.7 Å². The number of halogens is 1. The zero-order valence-electron chi connectivity index (χ0n) is 18.5. The molecule has 0 amide bonds. The summed E-state index contributed by atoms with van der Waals surface area (Å²) in [5.41, 5.74) is 2.09. The second-order valence-corrected chi connectivity index (χ2v) is 9.02. The predicted octanol–water partition coefficient (Wildman–Crippen LogP) is 4.45. The lowest BCUT2D eigenvalue weighted by Crippen LogP contribution is -2.42. The maximum atomic E-state index is 14.6. The van der Waals surface area contributed by atoms with Gasteiger partial charge in [0.2, 0.25) is 0 Å². The second-order valence-electron chi connectivity index (χ2n) is 9.02. The first kappa shape index (κ1) is 22.0. The largest absolute Gasteiger partial charge is 0.385 e. The Kier molecular flexibility index (Phi) is 7.35. The number of hydrogen-bond acceptors (Lipinski definition) is 6. The molecule has 2 saturated carbocycles. The summed E-state index contributed by atoms with van der Waals surface area (Å²) >= 11 is 0. The molecule has 2 aromatic heterocycles. The molecule has 6 nitrogen and oxygen atoms in total. The van der Waals surface area contributed by atoms with Crippen molar-refractivity contribution in [3.8, 4) is 11.3 Å². The predicted molar refractivity (Wildman–Crippen MR) is 123 cm³/mol. The Morgan fingerprint density at radius 3 is 2.61 bits per heavy atom. The Labute approximate surface area is 184 Å². The lowest BCUT2D eigenvalue weighted by Gasteiger charge is -2.31. The molecule has 0 spiro atoms. The van der Waals surface area contributed by atoms with Crippen LogP contribution in [0.1, 0.15) is 45.4 Å². The van der Waals surface area contributed by atoms with E-state index in [1.165, 1.54) is 19.0 Å². The third-order valence-corrected chi connectivity index (χ3v) is 6.20. The number of aromatic nitrogens is 2. The van der Waals surface area contributed by atoms with Crippen LogP contribution in [0.3, 0.4) is 0 Å². The van der Waals surface area contributed by atoms with Crippen molar-refractivity contribution in [2.45, 2.75) is 63.6 Å². The van der Waals surface area contributed by atoms with Crippen LogP contribution in [0.15, 0.2) is 30.6 Å². The zero-order chi connectivity index (χ0) is 21.6. The molecule has 1 atom stereocenters. The molecule has 2 aromatic rings. The molecule has 31 heavy (non-hydrogen) atoms. The number of rotatable bonds is 10. The molecule has 0 saturated heterocycles. The Morgan fingerprint density at radius 2 is 1.87 bits per heavy atom. The Morgan fingerprint density at radius 1 is 1.10 bits per heavy atom. The maximum absolute atomic E-state index is 14.6. The number of anilines is 2. The van der Waals surface area contributed by atoms with Crippen molar-refractivity contribution >= 4 is 11.5 Å². The van der Waals surface area contributed by atoms with Crippen LogP contribution in [0.25, 0.3) is 11.3 Å². The first-order valence-corrected chi connectivity index (χ1v) is 11.5. The topological polar surface area (TPSA) is 71.1 Å². The number of methoxy groups -OCH3 is 1. The standard InChI is InChI=1S/C24H34FN5O/c1-16(15-31-2)29-18-5-7-19(8-6-18)30-24-12-21(22(25)14-28-24)23-11-20(9-10-26-23)27-13-17-3-4-17/h9-12,14,16-19,29H,3-8,13,15H2,1-2H3,(H,26,27)(H,28,30)/t16-,18?,19?/m0/s1. The van der Waals surface area contributed by atoms with Crippen molar-refractivity contribution in [2.75, 3.05) is 30.9 Å². The summed E-state index contributed by atoms with van der Waals surface area (Å²) in [6.07, 6.45) is 9.95. The quantitative estimate of drug-likeness (QED) is 0.520. The number of pyridine rings is 2. The lowest BCUT2D eigenvalue weighted by molar-refractivity contribution is 0.161. The highest BCUT2D eigenvalue weighted by Gasteiger charge is 2.23. The van der Waals surface area contributed by atoms with Gasteiger partial charge in [-0.2, -0.15) is 0 Å². The van der Waals surface area contributed by atoms with E-state index in [1.807, 2.05) is 12.1 Å². The fourth-order valence-corrected chi connectivity index (χ4v) is 4.30. The van der Waals surface area contributed by atoms with Crippen LogP contribution in [0.4, 0.5) is 15.9 Å². The molecule has 2 fully saturated rings. The SMILES string of the molecule is COC[C@H](C)NC1CCC(Nc2cc(-c3cc(NCC4CC4)ccn3)c(F)cn2)CC1. The van der Waals surface area contributed by atoms with Crippen molar-refractivity contribution in [1.29, 1.82) is 0 Å². The van der Waals surface area contributed by atoms with Crippen LogP contribution in [-0.4, -0.2) is 48.4 Å². The molecule has 2 heterocycles. The molecule has 4 rings (SSSR count). The minimum Gasteiger partial charge on any atom is -0.385 e. The first-order chi connectivity index (χ1) is 15.1. The summed E-state index contributed by atoms with van der Waals surface area (Å²) in [5, 5.41) is 10.6. The van der Waals surface area contributed by atoms with Crippen LogP contribution >= 0.6 is 0 Å². The van der Waals surface area contributed by atoms with E-state index < -0.39 is 0 Å². The molecule has 0 radical (unpaired) electrons. The highest BCUT2D eigenvalue weighted by atomic mass is 19.1. The average molecular weight is 428 g/mol. The monoisotopic (exact) mass is 427 g/mol. The normalized spacial score (nSPS) is 22.2. The van der Waals surface area contributed by atoms with Gasteiger partial charge in [-0.15, -0.1) is 0 Å². The fourth-order valence-electron chi connectivity index (χ4n) is 4.30. The van der Waals surface area contributed by atoms with Gasteiger partial charge in [0, 0.05) is 49.2 Å². The third-order valence-electron chi connectivity index (χ3n) is 6.20. The van der Waals surface area contributed by atoms with E-state index in [1.54, 1.807) is 19.4 Å². The van der Waals surface area contributed by atoms with E-state index in [0.29, 0.717) is 35.2 Å². The molecule has 3 N–H and O–H groups in total. The summed E-state index contributed by atoms with van der Waals surface area (Å²) in [7, 11) is 1.74. The number of nitrogens with zero attached hydrogens (tertiary/aromatic N) is 2. The summed E-state index contributed by atoms with van der Waals surface area (Å²) in [6, 6.07) is 6.87. The molecule has 0 bridgehead atoms. The van der Waals surface area contributed by atoms with E-state index in [2.05, 4.69) is 32.8 Å². The highest BCUT2D eigenvalue weighted by Crippen LogP contribution is 2.30. The van der Waals surface area contributed by atoms with Crippen molar-refractivity contribution in [1.82, 2.24) is 15.3 Å². The maximum Gasteiger partial charge on any atom is 0.151 e. The summed E-state index contributed by atoms with van der Waals surface area (Å²) in [5.74, 6) is 1.13. The molecular weight excluding hydrogens is 393 g/mol. The summed E-state index contributed by atoms with van der Waals surface area (Å²) in [4.78, 5) is 8.68. The van der Waals surface area contributed by atoms with E-state index in [0.717, 1.165) is 50.4 Å². The minimum absolute atomic E-state index is 0.348. The van der Waals surface area contributed by atoms with Gasteiger partial charge in [-0.05, 0) is 69.6 Å². The molecule has 0 unspecified atom stereocenters. The Bertz CT molecular complexity index is 852. The van der Waals surface area contributed by atoms with Gasteiger partial charge in [0.05, 0.1) is 18.5 Å². The van der Waals surface area contributed by atoms with Gasteiger partial charge in [0.25, 0.3) is 0 Å². The summed E-state index contributed by atoms with van der Waals surface area (Å²) in [6.45, 7) is 3.85. The molecule has 2 aliphatic rings. The zero-order valence-corrected chi connectivity index (χ0v) is 18.5. The smallest absolute Gasteiger partial charge is 0.151 e. The first-order valence-electron chi connectivity index (χ1n) is 11.5. The fraction of sp³-hybridized carbons (Fsp3) is 0.583. The van der Waals surface area contributed by atoms with Gasteiger partial charge in [0.15, 0.2) is 5.82 Å². The van der Waals surface area contributed by atoms with Gasteiger partial charge in [-0.25, -0.2) is 9.37 Å². The van der Waals surface area contributed by atoms with Gasteiger partial charge in [0.1, 0.15) is 5.82 Å². The number of ether oxygens (including phenoxy) is 1. The van der Waals surface area contributed by atoms with E-state index in [9.17, 15) is 4.39 Å². The van der Waals surface area contributed by atoms with E-state index in [4.69, 9.17) is 4.74 Å². The van der Waals surface area contributed by atoms with Crippen LogP contribution in [0, 0.1) is 11.7 Å². The van der Waals surface area contributed by atoms with Gasteiger partial charge >= 0.3 is 0 Å². The van der Waals surface area contributed by atoms with Crippen LogP contribution in [-0.2, 0) is 4.74 Å². The molecule has 2 aliphatic carbocycles. The lowest BCUT2D eigenvalue weighted by atomic mass is 9.90. The molecule has 168 valence electrons. The van der Waals surface area contributed by atoms with Gasteiger partial charge in [-0.3, -0.25) is 4.98 Å². The Hall–Kier alpha value is -2.25. The number of hydrogen-bond donors (Lipinski definition) is 3. The molecular formula is C24H34FN5O. The molecule has 7 heteroatoms. The van der Waals surface area contributed by atoms with Crippen molar-refractivity contribution in [3.63, 3.8) is 0 Å². The van der Waals surface area contributed by atoms with Crippen molar-refractivity contribution in [2.24, 2.45) is 5.92 Å². The highest BCUT2D eigenvalue weighted by molar-refractivity contribution is 5.67.